The van der Waals surface area contributed by atoms with Crippen LogP contribution in [0.15, 0.2) is 0 Å². The Morgan fingerprint density at radius 2 is 1.95 bits per heavy atom. The number of rotatable bonds is 12. The highest BCUT2D eigenvalue weighted by atomic mass is 16.5. The largest absolute Gasteiger partial charge is 0.394 e. The van der Waals surface area contributed by atoms with Gasteiger partial charge in [-0.2, -0.15) is 0 Å². The van der Waals surface area contributed by atoms with E-state index in [1.165, 1.54) is 25.7 Å². The van der Waals surface area contributed by atoms with Gasteiger partial charge in [0, 0.05) is 12.1 Å². The zero-order valence-corrected chi connectivity index (χ0v) is 13.7. The minimum Gasteiger partial charge on any atom is -0.394 e. The fraction of sp³-hybridized carbons (Fsp3) is 1.00. The maximum absolute atomic E-state index is 9.49. The van der Waals surface area contributed by atoms with Crippen molar-refractivity contribution in [3.63, 3.8) is 0 Å². The summed E-state index contributed by atoms with van der Waals surface area (Å²) in [4.78, 5) is 0. The highest BCUT2D eigenvalue weighted by Crippen LogP contribution is 2.17. The van der Waals surface area contributed by atoms with E-state index in [9.17, 15) is 5.11 Å². The number of nitrogens with one attached hydrogen (secondary N) is 1. The van der Waals surface area contributed by atoms with Crippen LogP contribution in [-0.2, 0) is 4.74 Å². The van der Waals surface area contributed by atoms with Crippen molar-refractivity contribution in [2.24, 2.45) is 5.92 Å². The number of ether oxygens (including phenoxy) is 1. The van der Waals surface area contributed by atoms with E-state index in [0.717, 1.165) is 19.6 Å². The maximum Gasteiger partial charge on any atom is 0.0611 e. The molecule has 0 spiro atoms. The summed E-state index contributed by atoms with van der Waals surface area (Å²) in [5.74, 6) is 0.682. The molecule has 0 saturated carbocycles. The van der Waals surface area contributed by atoms with Crippen molar-refractivity contribution in [3.8, 4) is 0 Å². The van der Waals surface area contributed by atoms with Gasteiger partial charge in [0.15, 0.2) is 0 Å². The van der Waals surface area contributed by atoms with E-state index >= 15 is 0 Å². The minimum absolute atomic E-state index is 0.154. The molecule has 2 N–H and O–H groups in total. The van der Waals surface area contributed by atoms with Crippen LogP contribution in [0.2, 0.25) is 0 Å². The summed E-state index contributed by atoms with van der Waals surface area (Å²) in [7, 11) is 0. The standard InChI is InChI=1S/C16H35NO2/c1-6-9-10-15(7-2)12-19-14(4)11-16(5,13-18)17-8-3/h14-15,17-18H,6-13H2,1-5H3. The van der Waals surface area contributed by atoms with Crippen LogP contribution >= 0.6 is 0 Å². The van der Waals surface area contributed by atoms with Gasteiger partial charge in [0.2, 0.25) is 0 Å². The average molecular weight is 273 g/mol. The molecular formula is C16H35NO2. The van der Waals surface area contributed by atoms with E-state index in [1.807, 2.05) is 0 Å². The molecule has 0 amide bonds. The van der Waals surface area contributed by atoms with Gasteiger partial charge in [-0.05, 0) is 39.2 Å². The zero-order valence-electron chi connectivity index (χ0n) is 13.7. The molecule has 0 aliphatic carbocycles. The van der Waals surface area contributed by atoms with E-state index in [1.54, 1.807) is 0 Å². The van der Waals surface area contributed by atoms with Crippen molar-refractivity contribution in [3.05, 3.63) is 0 Å². The Bertz CT molecular complexity index is 211. The highest BCUT2D eigenvalue weighted by Gasteiger charge is 2.25. The predicted molar refractivity (Wildman–Crippen MR) is 82.5 cm³/mol. The fourth-order valence-electron chi connectivity index (χ4n) is 2.51. The van der Waals surface area contributed by atoms with Crippen molar-refractivity contribution in [2.75, 3.05) is 19.8 Å². The van der Waals surface area contributed by atoms with E-state index in [-0.39, 0.29) is 18.2 Å². The second-order valence-corrected chi connectivity index (χ2v) is 6.01. The van der Waals surface area contributed by atoms with E-state index < -0.39 is 0 Å². The van der Waals surface area contributed by atoms with E-state index in [0.29, 0.717) is 5.92 Å². The molecule has 3 heteroatoms. The summed E-state index contributed by atoms with van der Waals surface area (Å²) in [5, 5.41) is 12.8. The topological polar surface area (TPSA) is 41.5 Å². The predicted octanol–water partition coefficient (Wildman–Crippen LogP) is 3.36. The number of likely N-dealkylation sites (N-methyl/N-ethyl adjacent to an activating group) is 1. The molecule has 0 aliphatic rings. The van der Waals surface area contributed by atoms with E-state index in [4.69, 9.17) is 4.74 Å². The van der Waals surface area contributed by atoms with Crippen molar-refractivity contribution < 1.29 is 9.84 Å². The summed E-state index contributed by atoms with van der Waals surface area (Å²) >= 11 is 0. The van der Waals surface area contributed by atoms with Crippen LogP contribution in [0.25, 0.3) is 0 Å². The Hall–Kier alpha value is -0.120. The molecule has 0 aliphatic heterocycles. The second kappa shape index (κ2) is 10.6. The summed E-state index contributed by atoms with van der Waals surface area (Å²) in [6.45, 7) is 12.6. The molecule has 3 unspecified atom stereocenters. The SMILES string of the molecule is CCCCC(CC)COC(C)CC(C)(CO)NCC. The molecule has 0 fully saturated rings. The Morgan fingerprint density at radius 3 is 2.42 bits per heavy atom. The van der Waals surface area contributed by atoms with Crippen LogP contribution in [0.5, 0.6) is 0 Å². The minimum atomic E-state index is -0.223. The van der Waals surface area contributed by atoms with Gasteiger partial charge in [-0.15, -0.1) is 0 Å². The molecule has 0 aromatic carbocycles. The van der Waals surface area contributed by atoms with Gasteiger partial charge in [0.05, 0.1) is 12.7 Å². The third kappa shape index (κ3) is 8.61. The summed E-state index contributed by atoms with van der Waals surface area (Å²) in [5.41, 5.74) is -0.223. The normalized spacial score (nSPS) is 18.0. The molecule has 19 heavy (non-hydrogen) atoms. The second-order valence-electron chi connectivity index (χ2n) is 6.01. The van der Waals surface area contributed by atoms with Crippen LogP contribution in [0.4, 0.5) is 0 Å². The van der Waals surface area contributed by atoms with Crippen molar-refractivity contribution in [1.29, 1.82) is 0 Å². The first-order valence-corrected chi connectivity index (χ1v) is 7.98. The maximum atomic E-state index is 9.49. The number of aliphatic hydroxyl groups is 1. The zero-order chi connectivity index (χ0) is 14.7. The Morgan fingerprint density at radius 1 is 1.26 bits per heavy atom. The van der Waals surface area contributed by atoms with Crippen LogP contribution in [-0.4, -0.2) is 36.5 Å². The summed E-state index contributed by atoms with van der Waals surface area (Å²) in [6, 6.07) is 0. The average Bonchev–Trinajstić information content (AvgIpc) is 2.39. The third-order valence-corrected chi connectivity index (χ3v) is 3.85. The number of hydrogen-bond acceptors (Lipinski definition) is 3. The molecule has 3 nitrogen and oxygen atoms in total. The van der Waals surface area contributed by atoms with Crippen LogP contribution < -0.4 is 5.32 Å². The van der Waals surface area contributed by atoms with Crippen molar-refractivity contribution >= 4 is 0 Å². The quantitative estimate of drug-likeness (QED) is 0.573. The highest BCUT2D eigenvalue weighted by molar-refractivity contribution is 4.84. The van der Waals surface area contributed by atoms with Gasteiger partial charge in [-0.3, -0.25) is 0 Å². The van der Waals surface area contributed by atoms with Gasteiger partial charge < -0.3 is 15.2 Å². The van der Waals surface area contributed by atoms with Crippen LogP contribution in [0.1, 0.15) is 66.7 Å². The molecule has 0 rings (SSSR count). The van der Waals surface area contributed by atoms with Crippen molar-refractivity contribution in [2.45, 2.75) is 78.4 Å². The van der Waals surface area contributed by atoms with Gasteiger partial charge in [-0.25, -0.2) is 0 Å². The summed E-state index contributed by atoms with van der Waals surface area (Å²) < 4.78 is 5.98. The lowest BCUT2D eigenvalue weighted by Gasteiger charge is -2.31. The monoisotopic (exact) mass is 273 g/mol. The molecule has 0 aromatic heterocycles. The van der Waals surface area contributed by atoms with Gasteiger partial charge >= 0.3 is 0 Å². The first kappa shape index (κ1) is 18.9. The van der Waals surface area contributed by atoms with E-state index in [2.05, 4.69) is 39.9 Å². The number of aliphatic hydroxyl groups excluding tert-OH is 1. The first-order valence-electron chi connectivity index (χ1n) is 7.98. The lowest BCUT2D eigenvalue weighted by Crippen LogP contribution is -2.48. The Balaban J connectivity index is 4.04. The number of unbranched alkanes of at least 4 members (excludes halogenated alkanes) is 1. The molecule has 0 radical (unpaired) electrons. The molecule has 116 valence electrons. The summed E-state index contributed by atoms with van der Waals surface area (Å²) in [6.07, 6.45) is 6.05. The molecule has 0 heterocycles. The lowest BCUT2D eigenvalue weighted by molar-refractivity contribution is 0.00801. The molecule has 0 saturated heterocycles. The fourth-order valence-corrected chi connectivity index (χ4v) is 2.51. The van der Waals surface area contributed by atoms with Gasteiger partial charge in [-0.1, -0.05) is 40.0 Å². The number of hydrogen-bond donors (Lipinski definition) is 2. The van der Waals surface area contributed by atoms with Gasteiger partial charge in [0.1, 0.15) is 0 Å². The van der Waals surface area contributed by atoms with Gasteiger partial charge in [0.25, 0.3) is 0 Å². The van der Waals surface area contributed by atoms with Crippen LogP contribution in [0, 0.1) is 5.92 Å². The first-order chi connectivity index (χ1) is 9.01. The Labute approximate surface area is 120 Å². The molecular weight excluding hydrogens is 238 g/mol. The lowest BCUT2D eigenvalue weighted by atomic mass is 9.95. The smallest absolute Gasteiger partial charge is 0.0611 e. The molecule has 0 bridgehead atoms. The molecule has 0 aromatic rings. The molecule has 3 atom stereocenters. The third-order valence-electron chi connectivity index (χ3n) is 3.85. The van der Waals surface area contributed by atoms with Crippen LogP contribution in [0.3, 0.4) is 0 Å². The van der Waals surface area contributed by atoms with Crippen molar-refractivity contribution in [1.82, 2.24) is 5.32 Å². The Kier molecular flexibility index (Phi) is 10.6.